The maximum absolute atomic E-state index is 12.6. The van der Waals surface area contributed by atoms with E-state index < -0.39 is 6.04 Å². The molecule has 11 heteroatoms. The predicted molar refractivity (Wildman–Crippen MR) is 129 cm³/mol. The summed E-state index contributed by atoms with van der Waals surface area (Å²) < 4.78 is 21.2. The SMILES string of the molecule is CCCCCCOc1nsnc1C1=CCC[N+](C)([C@@H](C)OC(=O)[C@@H]([NH3+])CCC[NH+]=C(N)N)C1. The Kier molecular flexibility index (Phi) is 11.0. The van der Waals surface area contributed by atoms with Gasteiger partial charge in [-0.15, -0.1) is 4.37 Å². The van der Waals surface area contributed by atoms with Crippen LogP contribution in [-0.2, 0) is 9.53 Å². The minimum atomic E-state index is -0.435. The highest BCUT2D eigenvalue weighted by molar-refractivity contribution is 6.99. The van der Waals surface area contributed by atoms with E-state index in [1.165, 1.54) is 24.6 Å². The van der Waals surface area contributed by atoms with E-state index in [-0.39, 0.29) is 18.2 Å². The van der Waals surface area contributed by atoms with Crippen LogP contribution in [0.2, 0.25) is 0 Å². The van der Waals surface area contributed by atoms with Crippen molar-refractivity contribution in [2.45, 2.75) is 71.1 Å². The number of nitrogens with zero attached hydrogens (tertiary/aromatic N) is 3. The number of carbonyl (C=O) groups is 1. The fourth-order valence-corrected chi connectivity index (χ4v) is 4.34. The molecule has 0 aliphatic carbocycles. The molecule has 0 aromatic carbocycles. The maximum Gasteiger partial charge on any atom is 0.369 e. The molecule has 8 N–H and O–H groups in total. The molecule has 0 radical (unpaired) electrons. The molecule has 1 aliphatic rings. The van der Waals surface area contributed by atoms with Gasteiger partial charge in [0.1, 0.15) is 12.2 Å². The average Bonchev–Trinajstić information content (AvgIpc) is 3.25. The van der Waals surface area contributed by atoms with Crippen molar-refractivity contribution in [1.82, 2.24) is 8.75 Å². The molecule has 10 nitrogen and oxygen atoms in total. The zero-order valence-electron chi connectivity index (χ0n) is 20.3. The largest absolute Gasteiger partial charge is 0.475 e. The van der Waals surface area contributed by atoms with Gasteiger partial charge in [0.05, 0.1) is 38.5 Å². The zero-order chi connectivity index (χ0) is 24.3. The van der Waals surface area contributed by atoms with Crippen molar-refractivity contribution in [1.29, 1.82) is 0 Å². The highest BCUT2D eigenvalue weighted by Gasteiger charge is 2.37. The van der Waals surface area contributed by atoms with Gasteiger partial charge >= 0.3 is 11.9 Å². The van der Waals surface area contributed by atoms with Gasteiger partial charge in [0, 0.05) is 25.3 Å². The lowest BCUT2D eigenvalue weighted by Gasteiger charge is -2.41. The van der Waals surface area contributed by atoms with E-state index in [4.69, 9.17) is 20.9 Å². The second kappa shape index (κ2) is 13.5. The smallest absolute Gasteiger partial charge is 0.369 e. The van der Waals surface area contributed by atoms with Crippen LogP contribution >= 0.6 is 11.7 Å². The van der Waals surface area contributed by atoms with Crippen LogP contribution in [0.4, 0.5) is 0 Å². The van der Waals surface area contributed by atoms with Crippen LogP contribution in [0.25, 0.3) is 5.57 Å². The van der Waals surface area contributed by atoms with E-state index in [1.54, 1.807) is 0 Å². The number of unbranched alkanes of at least 4 members (excludes halogenated alkanes) is 3. The first-order valence-corrected chi connectivity index (χ1v) is 12.6. The lowest BCUT2D eigenvalue weighted by Crippen LogP contribution is -2.78. The number of nitrogens with two attached hydrogens (primary N) is 2. The fourth-order valence-electron chi connectivity index (χ4n) is 3.81. The second-order valence-electron chi connectivity index (χ2n) is 8.96. The summed E-state index contributed by atoms with van der Waals surface area (Å²) in [5.41, 5.74) is 16.6. The van der Waals surface area contributed by atoms with Crippen LogP contribution in [-0.4, -0.2) is 70.7 Å². The molecule has 1 unspecified atom stereocenters. The van der Waals surface area contributed by atoms with Crippen LogP contribution in [0.3, 0.4) is 0 Å². The number of aromatic nitrogens is 2. The van der Waals surface area contributed by atoms with Crippen molar-refractivity contribution < 1.29 is 29.5 Å². The van der Waals surface area contributed by atoms with Gasteiger partial charge in [-0.1, -0.05) is 32.3 Å². The molecule has 0 spiro atoms. The van der Waals surface area contributed by atoms with Gasteiger partial charge in [-0.25, -0.2) is 4.79 Å². The standard InChI is InChI=1S/C22H40N7O3S/c1-4-5-6-7-14-31-20-19(27-33-28-20)17-10-9-13-29(3,15-17)16(2)32-21(30)18(23)11-8-12-26-22(24)25/h10,16,18H,4-9,11-15,23H2,1-3H3,(H4,24,25,26)/q+1/p+2/t16-,18+,29?/m1/s1. The summed E-state index contributed by atoms with van der Waals surface area (Å²) in [6.45, 7) is 6.97. The first-order chi connectivity index (χ1) is 15.8. The Balaban J connectivity index is 1.91. The molecule has 186 valence electrons. The summed E-state index contributed by atoms with van der Waals surface area (Å²) in [4.78, 5) is 15.4. The van der Waals surface area contributed by atoms with Crippen molar-refractivity contribution >= 4 is 29.2 Å². The Morgan fingerprint density at radius 1 is 1.30 bits per heavy atom. The number of rotatable bonds is 14. The molecule has 0 saturated heterocycles. The molecule has 33 heavy (non-hydrogen) atoms. The Morgan fingerprint density at radius 2 is 2.09 bits per heavy atom. The number of guanidine groups is 1. The van der Waals surface area contributed by atoms with Gasteiger partial charge in [0.2, 0.25) is 6.23 Å². The number of likely N-dealkylation sites (N-methyl/N-ethyl adjacent to an activating group) is 1. The van der Waals surface area contributed by atoms with E-state index in [0.717, 1.165) is 43.5 Å². The number of ether oxygens (including phenoxy) is 2. The molecular formula is C22H42N7O3S+3. The molecule has 2 rings (SSSR count). The van der Waals surface area contributed by atoms with Crippen molar-refractivity contribution in [3.8, 4) is 5.88 Å². The summed E-state index contributed by atoms with van der Waals surface area (Å²) in [5.74, 6) is 0.510. The first-order valence-electron chi connectivity index (χ1n) is 11.9. The normalized spacial score (nSPS) is 19.9. The molecule has 1 aromatic heterocycles. The summed E-state index contributed by atoms with van der Waals surface area (Å²) in [7, 11) is 2.11. The Labute approximate surface area is 201 Å². The number of esters is 1. The minimum absolute atomic E-state index is 0.179. The number of quaternary nitrogens is 2. The van der Waals surface area contributed by atoms with Crippen molar-refractivity contribution in [3.05, 3.63) is 11.8 Å². The zero-order valence-corrected chi connectivity index (χ0v) is 21.2. The van der Waals surface area contributed by atoms with E-state index in [9.17, 15) is 4.79 Å². The van der Waals surface area contributed by atoms with Gasteiger partial charge in [-0.2, -0.15) is 4.37 Å². The fraction of sp³-hybridized carbons (Fsp3) is 0.727. The summed E-state index contributed by atoms with van der Waals surface area (Å²) >= 11 is 1.17. The monoisotopic (exact) mass is 484 g/mol. The van der Waals surface area contributed by atoms with E-state index >= 15 is 0 Å². The third-order valence-electron chi connectivity index (χ3n) is 6.12. The third kappa shape index (κ3) is 8.56. The molecule has 1 aromatic rings. The van der Waals surface area contributed by atoms with Gasteiger partial charge in [0.25, 0.3) is 5.88 Å². The van der Waals surface area contributed by atoms with Crippen LogP contribution in [0.5, 0.6) is 5.88 Å². The number of hydrogen-bond donors (Lipinski definition) is 4. The Morgan fingerprint density at radius 3 is 2.82 bits per heavy atom. The van der Waals surface area contributed by atoms with E-state index in [2.05, 4.69) is 39.5 Å². The topological polar surface area (TPSA) is 155 Å². The van der Waals surface area contributed by atoms with Crippen LogP contribution in [0, 0.1) is 0 Å². The van der Waals surface area contributed by atoms with Gasteiger partial charge < -0.3 is 15.2 Å². The molecule has 2 heterocycles. The summed E-state index contributed by atoms with van der Waals surface area (Å²) in [6.07, 6.45) is 8.69. The number of carbonyl (C=O) groups excluding carboxylic acids is 1. The molecular weight excluding hydrogens is 442 g/mol. The van der Waals surface area contributed by atoms with Crippen molar-refractivity contribution in [2.24, 2.45) is 11.5 Å². The highest BCUT2D eigenvalue weighted by atomic mass is 32.1. The number of hydrogen-bond acceptors (Lipinski definition) is 6. The van der Waals surface area contributed by atoms with Crippen LogP contribution < -0.4 is 26.9 Å². The summed E-state index contributed by atoms with van der Waals surface area (Å²) in [5, 5.41) is 0. The predicted octanol–water partition coefficient (Wildman–Crippen LogP) is -0.635. The van der Waals surface area contributed by atoms with Gasteiger partial charge in [-0.05, 0) is 12.8 Å². The van der Waals surface area contributed by atoms with E-state index in [0.29, 0.717) is 36.5 Å². The lowest BCUT2D eigenvalue weighted by atomic mass is 10.0. The lowest BCUT2D eigenvalue weighted by molar-refractivity contribution is -0.944. The molecule has 0 saturated carbocycles. The third-order valence-corrected chi connectivity index (χ3v) is 6.63. The second-order valence-corrected chi connectivity index (χ2v) is 9.49. The van der Waals surface area contributed by atoms with Gasteiger partial charge in [0.15, 0.2) is 6.04 Å². The highest BCUT2D eigenvalue weighted by Crippen LogP contribution is 2.31. The molecule has 3 atom stereocenters. The molecule has 0 fully saturated rings. The van der Waals surface area contributed by atoms with Crippen LogP contribution in [0.15, 0.2) is 6.08 Å². The Hall–Kier alpha value is -2.24. The summed E-state index contributed by atoms with van der Waals surface area (Å²) in [6, 6.07) is -0.435. The Bertz CT molecular complexity index is 810. The van der Waals surface area contributed by atoms with Crippen molar-refractivity contribution in [2.75, 3.05) is 33.3 Å². The average molecular weight is 485 g/mol. The number of nitrogens with one attached hydrogen (secondary N) is 1. The molecule has 1 aliphatic heterocycles. The van der Waals surface area contributed by atoms with Gasteiger partial charge in [-0.3, -0.25) is 20.9 Å². The van der Waals surface area contributed by atoms with E-state index in [1.807, 2.05) is 6.92 Å². The quantitative estimate of drug-likeness (QED) is 0.0900. The molecule has 0 amide bonds. The van der Waals surface area contributed by atoms with Crippen molar-refractivity contribution in [3.63, 3.8) is 0 Å². The molecule has 0 bridgehead atoms. The minimum Gasteiger partial charge on any atom is -0.475 e. The maximum atomic E-state index is 12.6. The van der Waals surface area contributed by atoms with Crippen LogP contribution in [0.1, 0.15) is 64.5 Å². The first kappa shape index (κ1) is 27.0.